The summed E-state index contributed by atoms with van der Waals surface area (Å²) >= 11 is 0. The Morgan fingerprint density at radius 1 is 0.893 bits per heavy atom. The van der Waals surface area contributed by atoms with E-state index in [2.05, 4.69) is 24.1 Å². The summed E-state index contributed by atoms with van der Waals surface area (Å²) < 4.78 is 60.6. The van der Waals surface area contributed by atoms with Gasteiger partial charge in [-0.15, -0.1) is 0 Å². The van der Waals surface area contributed by atoms with Gasteiger partial charge < -0.3 is 10.2 Å². The SMILES string of the molecule is CCN(CC)CCNCc1ccc(-c2ccc(S(=O)(=O)C(F)(F)F)cc2)cc1. The van der Waals surface area contributed by atoms with E-state index in [-0.39, 0.29) is 0 Å². The maximum absolute atomic E-state index is 12.6. The van der Waals surface area contributed by atoms with Gasteiger partial charge >= 0.3 is 5.51 Å². The average molecular weight is 414 g/mol. The smallest absolute Gasteiger partial charge is 0.311 e. The topological polar surface area (TPSA) is 49.4 Å². The summed E-state index contributed by atoms with van der Waals surface area (Å²) in [5, 5.41) is 3.38. The van der Waals surface area contributed by atoms with Gasteiger partial charge in [-0.1, -0.05) is 50.2 Å². The van der Waals surface area contributed by atoms with Crippen LogP contribution in [0.1, 0.15) is 19.4 Å². The molecule has 1 N–H and O–H groups in total. The van der Waals surface area contributed by atoms with E-state index in [1.165, 1.54) is 12.1 Å². The van der Waals surface area contributed by atoms with E-state index >= 15 is 0 Å². The Bertz CT molecular complexity index is 845. The molecule has 0 aliphatic heterocycles. The number of likely N-dealkylation sites (N-methyl/N-ethyl adjacent to an activating group) is 1. The Morgan fingerprint density at radius 2 is 1.39 bits per heavy atom. The zero-order valence-corrected chi connectivity index (χ0v) is 16.8. The molecule has 154 valence electrons. The van der Waals surface area contributed by atoms with Crippen molar-refractivity contribution in [1.29, 1.82) is 0 Å². The maximum Gasteiger partial charge on any atom is 0.501 e. The van der Waals surface area contributed by atoms with Gasteiger partial charge in [0.2, 0.25) is 0 Å². The highest BCUT2D eigenvalue weighted by molar-refractivity contribution is 7.92. The van der Waals surface area contributed by atoms with Crippen LogP contribution in [0.15, 0.2) is 53.4 Å². The summed E-state index contributed by atoms with van der Waals surface area (Å²) in [5.41, 5.74) is -2.74. The molecule has 0 heterocycles. The molecule has 2 aromatic carbocycles. The lowest BCUT2D eigenvalue weighted by molar-refractivity contribution is -0.0436. The van der Waals surface area contributed by atoms with Gasteiger partial charge in [-0.05, 0) is 41.9 Å². The van der Waals surface area contributed by atoms with E-state index in [0.29, 0.717) is 5.56 Å². The molecular weight excluding hydrogens is 389 g/mol. The Labute approximate surface area is 164 Å². The standard InChI is InChI=1S/C20H25F3N2O2S/c1-3-25(4-2)14-13-24-15-16-5-7-17(8-6-16)18-9-11-19(12-10-18)28(26,27)20(21,22)23/h5-12,24H,3-4,13-15H2,1-2H3. The van der Waals surface area contributed by atoms with Crippen molar-refractivity contribution in [3.63, 3.8) is 0 Å². The predicted molar refractivity (Wildman–Crippen MR) is 105 cm³/mol. The predicted octanol–water partition coefficient (Wildman–Crippen LogP) is 4.08. The van der Waals surface area contributed by atoms with Crippen LogP contribution in [0.3, 0.4) is 0 Å². The Morgan fingerprint density at radius 3 is 1.86 bits per heavy atom. The molecule has 0 aliphatic rings. The first kappa shape index (κ1) is 22.4. The molecule has 2 aromatic rings. The molecule has 0 bridgehead atoms. The fourth-order valence-electron chi connectivity index (χ4n) is 2.78. The number of alkyl halides is 3. The summed E-state index contributed by atoms with van der Waals surface area (Å²) in [4.78, 5) is 1.58. The summed E-state index contributed by atoms with van der Waals surface area (Å²) in [7, 11) is -5.32. The van der Waals surface area contributed by atoms with E-state index in [4.69, 9.17) is 0 Å². The van der Waals surface area contributed by atoms with Crippen LogP contribution in [0.5, 0.6) is 0 Å². The van der Waals surface area contributed by atoms with Gasteiger partial charge in [0, 0.05) is 19.6 Å². The van der Waals surface area contributed by atoms with E-state index in [0.717, 1.165) is 56.0 Å². The fraction of sp³-hybridized carbons (Fsp3) is 0.400. The molecule has 28 heavy (non-hydrogen) atoms. The monoisotopic (exact) mass is 414 g/mol. The Balaban J connectivity index is 1.98. The number of nitrogens with zero attached hydrogens (tertiary/aromatic N) is 1. The molecule has 0 amide bonds. The van der Waals surface area contributed by atoms with Crippen LogP contribution < -0.4 is 5.32 Å². The van der Waals surface area contributed by atoms with Crippen molar-refractivity contribution >= 4 is 9.84 Å². The van der Waals surface area contributed by atoms with Crippen LogP contribution in [0, 0.1) is 0 Å². The molecule has 0 saturated heterocycles. The Kier molecular flexibility index (Phi) is 7.63. The van der Waals surface area contributed by atoms with Gasteiger partial charge in [0.05, 0.1) is 4.90 Å². The molecule has 4 nitrogen and oxygen atoms in total. The van der Waals surface area contributed by atoms with Crippen molar-refractivity contribution in [2.45, 2.75) is 30.8 Å². The van der Waals surface area contributed by atoms with Crippen molar-refractivity contribution in [3.8, 4) is 11.1 Å². The third-order valence-corrected chi connectivity index (χ3v) is 6.09. The quantitative estimate of drug-likeness (QED) is 0.629. The second kappa shape index (κ2) is 9.54. The van der Waals surface area contributed by atoms with E-state index in [1.807, 2.05) is 24.3 Å². The normalized spacial score (nSPS) is 12.5. The third-order valence-electron chi connectivity index (χ3n) is 4.58. The van der Waals surface area contributed by atoms with Crippen LogP contribution in [0.25, 0.3) is 11.1 Å². The fourth-order valence-corrected chi connectivity index (χ4v) is 3.55. The number of hydrogen-bond donors (Lipinski definition) is 1. The molecule has 0 fully saturated rings. The lowest BCUT2D eigenvalue weighted by Crippen LogP contribution is -2.31. The van der Waals surface area contributed by atoms with Crippen LogP contribution in [0.4, 0.5) is 13.2 Å². The summed E-state index contributed by atoms with van der Waals surface area (Å²) in [6.45, 7) is 8.91. The minimum atomic E-state index is -5.32. The minimum absolute atomic E-state index is 0.655. The highest BCUT2D eigenvalue weighted by Gasteiger charge is 2.46. The molecule has 2 rings (SSSR count). The second-order valence-corrected chi connectivity index (χ2v) is 8.32. The van der Waals surface area contributed by atoms with Gasteiger partial charge in [0.25, 0.3) is 9.84 Å². The molecule has 0 radical (unpaired) electrons. The second-order valence-electron chi connectivity index (χ2n) is 6.37. The zero-order chi connectivity index (χ0) is 20.8. The zero-order valence-electron chi connectivity index (χ0n) is 16.0. The van der Waals surface area contributed by atoms with Gasteiger partial charge in [0.15, 0.2) is 0 Å². The number of benzene rings is 2. The molecule has 0 atom stereocenters. The van der Waals surface area contributed by atoms with Crippen molar-refractivity contribution < 1.29 is 21.6 Å². The maximum atomic E-state index is 12.6. The highest BCUT2D eigenvalue weighted by Crippen LogP contribution is 2.31. The Hall–Kier alpha value is -1.90. The average Bonchev–Trinajstić information content (AvgIpc) is 2.68. The van der Waals surface area contributed by atoms with E-state index in [9.17, 15) is 21.6 Å². The van der Waals surface area contributed by atoms with Crippen LogP contribution >= 0.6 is 0 Å². The summed E-state index contributed by atoms with van der Waals surface area (Å²) in [6.07, 6.45) is 0. The number of rotatable bonds is 9. The van der Waals surface area contributed by atoms with Crippen LogP contribution in [-0.2, 0) is 16.4 Å². The van der Waals surface area contributed by atoms with Gasteiger partial charge in [-0.3, -0.25) is 0 Å². The van der Waals surface area contributed by atoms with Gasteiger partial charge in [-0.2, -0.15) is 13.2 Å². The molecule has 0 unspecified atom stereocenters. The molecule has 0 aromatic heterocycles. The number of sulfone groups is 1. The first-order chi connectivity index (χ1) is 13.2. The van der Waals surface area contributed by atoms with Gasteiger partial charge in [0.1, 0.15) is 0 Å². The minimum Gasteiger partial charge on any atom is -0.311 e. The van der Waals surface area contributed by atoms with Crippen molar-refractivity contribution in [3.05, 3.63) is 54.1 Å². The van der Waals surface area contributed by atoms with E-state index in [1.54, 1.807) is 0 Å². The largest absolute Gasteiger partial charge is 0.501 e. The van der Waals surface area contributed by atoms with Gasteiger partial charge in [-0.25, -0.2) is 8.42 Å². The number of nitrogens with one attached hydrogen (secondary N) is 1. The van der Waals surface area contributed by atoms with Crippen molar-refractivity contribution in [2.75, 3.05) is 26.2 Å². The van der Waals surface area contributed by atoms with Crippen LogP contribution in [-0.4, -0.2) is 45.0 Å². The van der Waals surface area contributed by atoms with Crippen molar-refractivity contribution in [2.24, 2.45) is 0 Å². The van der Waals surface area contributed by atoms with Crippen molar-refractivity contribution in [1.82, 2.24) is 10.2 Å². The molecule has 0 aliphatic carbocycles. The number of hydrogen-bond acceptors (Lipinski definition) is 4. The molecule has 8 heteroatoms. The highest BCUT2D eigenvalue weighted by atomic mass is 32.2. The first-order valence-electron chi connectivity index (χ1n) is 9.12. The van der Waals surface area contributed by atoms with Crippen LogP contribution in [0.2, 0.25) is 0 Å². The lowest BCUT2D eigenvalue weighted by Gasteiger charge is -2.18. The summed E-state index contributed by atoms with van der Waals surface area (Å²) in [6, 6.07) is 12.4. The summed E-state index contributed by atoms with van der Waals surface area (Å²) in [5.74, 6) is 0. The first-order valence-corrected chi connectivity index (χ1v) is 10.6. The molecular formula is C20H25F3N2O2S. The van der Waals surface area contributed by atoms with E-state index < -0.39 is 20.2 Å². The molecule has 0 spiro atoms. The molecule has 0 saturated carbocycles. The lowest BCUT2D eigenvalue weighted by atomic mass is 10.0. The third kappa shape index (κ3) is 5.56. The number of halogens is 3.